The summed E-state index contributed by atoms with van der Waals surface area (Å²) in [6, 6.07) is 4.58. The number of rotatable bonds is 9. The van der Waals surface area contributed by atoms with Crippen molar-refractivity contribution in [3.05, 3.63) is 33.9 Å². The molecule has 6 heteroatoms. The van der Waals surface area contributed by atoms with E-state index in [0.717, 1.165) is 18.5 Å². The van der Waals surface area contributed by atoms with Gasteiger partial charge in [0.05, 0.1) is 11.5 Å². The number of hydrogen-bond acceptors (Lipinski definition) is 5. The van der Waals surface area contributed by atoms with Crippen LogP contribution in [0.2, 0.25) is 0 Å². The number of nitro benzene ring substituents is 1. The number of nitrogens with one attached hydrogen (secondary N) is 1. The first-order valence-corrected chi connectivity index (χ1v) is 6.80. The van der Waals surface area contributed by atoms with Crippen molar-refractivity contribution >= 4 is 5.69 Å². The summed E-state index contributed by atoms with van der Waals surface area (Å²) in [5, 5.41) is 23.0. The van der Waals surface area contributed by atoms with Gasteiger partial charge in [0.2, 0.25) is 0 Å². The molecule has 0 fully saturated rings. The fraction of sp³-hybridized carbons (Fsp3) is 0.571. The molecule has 0 saturated heterocycles. The first kappa shape index (κ1) is 16.4. The van der Waals surface area contributed by atoms with Crippen LogP contribution < -0.4 is 10.1 Å². The Morgan fingerprint density at radius 2 is 2.25 bits per heavy atom. The minimum Gasteiger partial charge on any atom is -0.493 e. The van der Waals surface area contributed by atoms with E-state index < -0.39 is 4.92 Å². The minimum absolute atomic E-state index is 0.0293. The number of hydrogen-bond donors (Lipinski definition) is 2. The van der Waals surface area contributed by atoms with Gasteiger partial charge < -0.3 is 15.2 Å². The highest BCUT2D eigenvalue weighted by Gasteiger charge is 2.12. The van der Waals surface area contributed by atoms with Gasteiger partial charge in [-0.3, -0.25) is 10.1 Å². The molecule has 0 amide bonds. The van der Waals surface area contributed by atoms with Gasteiger partial charge in [0.15, 0.2) is 0 Å². The lowest BCUT2D eigenvalue weighted by atomic mass is 10.1. The quantitative estimate of drug-likeness (QED) is 0.411. The van der Waals surface area contributed by atoms with Crippen LogP contribution in [0, 0.1) is 16.0 Å². The van der Waals surface area contributed by atoms with Gasteiger partial charge >= 0.3 is 0 Å². The summed E-state index contributed by atoms with van der Waals surface area (Å²) in [7, 11) is 0. The molecular formula is C14H22N2O4. The van der Waals surface area contributed by atoms with Crippen LogP contribution in [0.15, 0.2) is 18.2 Å². The molecule has 0 aliphatic carbocycles. The second kappa shape index (κ2) is 8.50. The van der Waals surface area contributed by atoms with Crippen molar-refractivity contribution in [3.8, 4) is 5.75 Å². The summed E-state index contributed by atoms with van der Waals surface area (Å²) in [6.07, 6.45) is 0.993. The van der Waals surface area contributed by atoms with Crippen molar-refractivity contribution < 1.29 is 14.8 Å². The van der Waals surface area contributed by atoms with E-state index >= 15 is 0 Å². The maximum Gasteiger partial charge on any atom is 0.270 e. The van der Waals surface area contributed by atoms with E-state index in [-0.39, 0.29) is 18.2 Å². The lowest BCUT2D eigenvalue weighted by Crippen LogP contribution is -2.17. The number of aliphatic hydroxyl groups is 1. The minimum atomic E-state index is -0.413. The largest absolute Gasteiger partial charge is 0.493 e. The van der Waals surface area contributed by atoms with E-state index in [1.165, 1.54) is 12.1 Å². The molecular weight excluding hydrogens is 260 g/mol. The van der Waals surface area contributed by atoms with Gasteiger partial charge in [-0.05, 0) is 19.0 Å². The van der Waals surface area contributed by atoms with Crippen LogP contribution in [0.25, 0.3) is 0 Å². The molecule has 1 unspecified atom stereocenters. The molecule has 0 heterocycles. The van der Waals surface area contributed by atoms with E-state index in [1.807, 2.05) is 6.92 Å². The Labute approximate surface area is 118 Å². The maximum absolute atomic E-state index is 10.8. The van der Waals surface area contributed by atoms with Gasteiger partial charge in [0.1, 0.15) is 5.75 Å². The van der Waals surface area contributed by atoms with Gasteiger partial charge in [0.25, 0.3) is 5.69 Å². The Kier molecular flexibility index (Phi) is 6.97. The zero-order valence-electron chi connectivity index (χ0n) is 12.0. The summed E-state index contributed by atoms with van der Waals surface area (Å²) in [4.78, 5) is 10.4. The van der Waals surface area contributed by atoms with Crippen LogP contribution in [0.1, 0.15) is 25.8 Å². The van der Waals surface area contributed by atoms with Crippen LogP contribution in [0.3, 0.4) is 0 Å². The molecule has 0 aromatic heterocycles. The van der Waals surface area contributed by atoms with Crippen molar-refractivity contribution in [2.45, 2.75) is 26.8 Å². The monoisotopic (exact) mass is 282 g/mol. The molecule has 112 valence electrons. The molecule has 0 saturated carbocycles. The van der Waals surface area contributed by atoms with Crippen LogP contribution in [0.5, 0.6) is 5.75 Å². The molecule has 0 bridgehead atoms. The fourth-order valence-electron chi connectivity index (χ4n) is 1.64. The first-order chi connectivity index (χ1) is 9.58. The molecule has 0 aliphatic heterocycles. The van der Waals surface area contributed by atoms with E-state index in [1.54, 1.807) is 6.07 Å². The SMILES string of the molecule is CCCNCc1cc([N+](=O)[O-])ccc1OCC(C)CO. The number of nitrogens with zero attached hydrogens (tertiary/aromatic N) is 1. The maximum atomic E-state index is 10.8. The van der Waals surface area contributed by atoms with Crippen LogP contribution in [-0.2, 0) is 6.54 Å². The Bertz CT molecular complexity index is 437. The zero-order valence-corrected chi connectivity index (χ0v) is 12.0. The van der Waals surface area contributed by atoms with E-state index in [4.69, 9.17) is 9.84 Å². The van der Waals surface area contributed by atoms with Gasteiger partial charge in [-0.2, -0.15) is 0 Å². The van der Waals surface area contributed by atoms with Crippen molar-refractivity contribution in [2.75, 3.05) is 19.8 Å². The summed E-state index contributed by atoms with van der Waals surface area (Å²) >= 11 is 0. The third kappa shape index (κ3) is 5.14. The molecule has 0 spiro atoms. The third-order valence-corrected chi connectivity index (χ3v) is 2.83. The molecule has 20 heavy (non-hydrogen) atoms. The fourth-order valence-corrected chi connectivity index (χ4v) is 1.64. The highest BCUT2D eigenvalue weighted by Crippen LogP contribution is 2.24. The molecule has 1 rings (SSSR count). The number of nitro groups is 1. The van der Waals surface area contributed by atoms with Crippen molar-refractivity contribution in [3.63, 3.8) is 0 Å². The smallest absolute Gasteiger partial charge is 0.270 e. The Morgan fingerprint density at radius 3 is 2.85 bits per heavy atom. The van der Waals surface area contributed by atoms with Gasteiger partial charge in [-0.15, -0.1) is 0 Å². The Balaban J connectivity index is 2.81. The summed E-state index contributed by atoms with van der Waals surface area (Å²) in [5.41, 5.74) is 0.818. The lowest BCUT2D eigenvalue weighted by molar-refractivity contribution is -0.384. The van der Waals surface area contributed by atoms with Crippen LogP contribution in [0.4, 0.5) is 5.69 Å². The molecule has 1 aromatic rings. The second-order valence-corrected chi connectivity index (χ2v) is 4.82. The van der Waals surface area contributed by atoms with Gasteiger partial charge in [-0.25, -0.2) is 0 Å². The van der Waals surface area contributed by atoms with Crippen LogP contribution in [-0.4, -0.2) is 29.8 Å². The second-order valence-electron chi connectivity index (χ2n) is 4.82. The summed E-state index contributed by atoms with van der Waals surface area (Å²) in [6.45, 7) is 5.74. The van der Waals surface area contributed by atoms with E-state index in [9.17, 15) is 10.1 Å². The first-order valence-electron chi connectivity index (χ1n) is 6.80. The number of benzene rings is 1. The van der Waals surface area contributed by atoms with Crippen LogP contribution >= 0.6 is 0 Å². The molecule has 0 radical (unpaired) electrons. The van der Waals surface area contributed by atoms with Crippen molar-refractivity contribution in [1.29, 1.82) is 0 Å². The average molecular weight is 282 g/mol. The predicted octanol–water partition coefficient (Wildman–Crippen LogP) is 2.10. The van der Waals surface area contributed by atoms with E-state index in [0.29, 0.717) is 18.9 Å². The predicted molar refractivity (Wildman–Crippen MR) is 76.8 cm³/mol. The van der Waals surface area contributed by atoms with Crippen molar-refractivity contribution in [2.24, 2.45) is 5.92 Å². The third-order valence-electron chi connectivity index (χ3n) is 2.83. The highest BCUT2D eigenvalue weighted by atomic mass is 16.6. The van der Waals surface area contributed by atoms with E-state index in [2.05, 4.69) is 12.2 Å². The molecule has 1 atom stereocenters. The number of aliphatic hydroxyl groups excluding tert-OH is 1. The van der Waals surface area contributed by atoms with Gasteiger partial charge in [-0.1, -0.05) is 13.8 Å². The Morgan fingerprint density at radius 1 is 1.50 bits per heavy atom. The van der Waals surface area contributed by atoms with Crippen molar-refractivity contribution in [1.82, 2.24) is 5.32 Å². The van der Waals surface area contributed by atoms with Gasteiger partial charge in [0, 0.05) is 36.8 Å². The Hall–Kier alpha value is -1.66. The summed E-state index contributed by atoms with van der Waals surface area (Å²) in [5.74, 6) is 0.654. The standard InChI is InChI=1S/C14H22N2O4/c1-3-6-15-8-12-7-13(16(18)19)4-5-14(12)20-10-11(2)9-17/h4-5,7,11,15,17H,3,6,8-10H2,1-2H3. The number of non-ortho nitro benzene ring substituents is 1. The molecule has 0 aliphatic rings. The zero-order chi connectivity index (χ0) is 15.0. The molecule has 1 aromatic carbocycles. The molecule has 6 nitrogen and oxygen atoms in total. The highest BCUT2D eigenvalue weighted by molar-refractivity contribution is 5.43. The summed E-state index contributed by atoms with van der Waals surface area (Å²) < 4.78 is 5.63. The topological polar surface area (TPSA) is 84.6 Å². The molecule has 2 N–H and O–H groups in total. The normalized spacial score (nSPS) is 12.2. The average Bonchev–Trinajstić information content (AvgIpc) is 2.45. The lowest BCUT2D eigenvalue weighted by Gasteiger charge is -2.14. The number of ether oxygens (including phenoxy) is 1.